The Morgan fingerprint density at radius 2 is 1.62 bits per heavy atom. The molecule has 0 unspecified atom stereocenters. The zero-order chi connectivity index (χ0) is 16.2. The van der Waals surface area contributed by atoms with Crippen molar-refractivity contribution in [3.05, 3.63) is 0 Å². The van der Waals surface area contributed by atoms with Gasteiger partial charge < -0.3 is 29.7 Å². The van der Waals surface area contributed by atoms with Crippen LogP contribution in [-0.4, -0.2) is 65.3 Å². The fourth-order valence-corrected chi connectivity index (χ4v) is 2.12. The fourth-order valence-electron chi connectivity index (χ4n) is 2.12. The van der Waals surface area contributed by atoms with Crippen LogP contribution in [0.5, 0.6) is 0 Å². The number of rotatable bonds is 4. The van der Waals surface area contributed by atoms with E-state index in [4.69, 9.17) is 14.2 Å². The lowest BCUT2D eigenvalue weighted by Gasteiger charge is -2.43. The number of hydrogen-bond acceptors (Lipinski definition) is 8. The third kappa shape index (κ3) is 4.66. The van der Waals surface area contributed by atoms with Crippen molar-refractivity contribution in [2.75, 3.05) is 6.61 Å². The van der Waals surface area contributed by atoms with Crippen LogP contribution in [0.1, 0.15) is 20.8 Å². The van der Waals surface area contributed by atoms with Gasteiger partial charge in [-0.2, -0.15) is 0 Å². The Bertz CT molecular complexity index is 412. The molecule has 1 aliphatic rings. The van der Waals surface area contributed by atoms with Crippen molar-refractivity contribution in [1.82, 2.24) is 5.32 Å². The van der Waals surface area contributed by atoms with Crippen molar-refractivity contribution in [3.8, 4) is 0 Å². The highest BCUT2D eigenvalue weighted by Gasteiger charge is 2.49. The predicted molar refractivity (Wildman–Crippen MR) is 66.7 cm³/mol. The van der Waals surface area contributed by atoms with Gasteiger partial charge in [0.15, 0.2) is 18.5 Å². The van der Waals surface area contributed by atoms with E-state index < -0.39 is 55.1 Å². The maximum Gasteiger partial charge on any atom is 0.303 e. The summed E-state index contributed by atoms with van der Waals surface area (Å²) in [4.78, 5) is 33.6. The van der Waals surface area contributed by atoms with E-state index in [0.717, 1.165) is 13.8 Å². The van der Waals surface area contributed by atoms with Crippen molar-refractivity contribution in [2.24, 2.45) is 0 Å². The molecular formula is C12H19NO8. The molecule has 5 atom stereocenters. The van der Waals surface area contributed by atoms with E-state index >= 15 is 0 Å². The van der Waals surface area contributed by atoms with E-state index in [1.54, 1.807) is 0 Å². The summed E-state index contributed by atoms with van der Waals surface area (Å²) in [5, 5.41) is 21.5. The van der Waals surface area contributed by atoms with E-state index in [2.05, 4.69) is 5.32 Å². The van der Waals surface area contributed by atoms with Gasteiger partial charge in [0.05, 0.1) is 6.61 Å². The lowest BCUT2D eigenvalue weighted by molar-refractivity contribution is -0.263. The third-order valence-corrected chi connectivity index (χ3v) is 2.82. The van der Waals surface area contributed by atoms with Gasteiger partial charge in [-0.15, -0.1) is 0 Å². The van der Waals surface area contributed by atoms with Gasteiger partial charge in [0.25, 0.3) is 0 Å². The number of carbonyl (C=O) groups is 3. The summed E-state index contributed by atoms with van der Waals surface area (Å²) in [6.07, 6.45) is -4.95. The second-order valence-corrected chi connectivity index (χ2v) is 4.62. The van der Waals surface area contributed by atoms with Crippen LogP contribution in [0.25, 0.3) is 0 Å². The van der Waals surface area contributed by atoms with Crippen molar-refractivity contribution < 1.29 is 38.8 Å². The number of hydrogen-bond donors (Lipinski definition) is 3. The molecule has 9 nitrogen and oxygen atoms in total. The minimum Gasteiger partial charge on any atom is -0.456 e. The second-order valence-electron chi connectivity index (χ2n) is 4.62. The van der Waals surface area contributed by atoms with Gasteiger partial charge in [0, 0.05) is 20.8 Å². The Morgan fingerprint density at radius 1 is 1.10 bits per heavy atom. The topological polar surface area (TPSA) is 131 Å². The zero-order valence-corrected chi connectivity index (χ0v) is 11.9. The highest BCUT2D eigenvalue weighted by Crippen LogP contribution is 2.25. The summed E-state index contributed by atoms with van der Waals surface area (Å²) >= 11 is 0. The third-order valence-electron chi connectivity index (χ3n) is 2.82. The number of aliphatic hydroxyl groups is 2. The van der Waals surface area contributed by atoms with Crippen molar-refractivity contribution in [1.29, 1.82) is 0 Å². The number of carbonyl (C=O) groups excluding carboxylic acids is 3. The Kier molecular flexibility index (Phi) is 6.06. The SMILES string of the molecule is CC(=O)N[C@@H]1[C@@H](OC(C)=O)[C@H](OC(C)=O)[C@@H](CO)O[C@H]1O. The maximum absolute atomic E-state index is 11.2. The molecule has 21 heavy (non-hydrogen) atoms. The molecule has 0 radical (unpaired) electrons. The van der Waals surface area contributed by atoms with Crippen LogP contribution in [0.2, 0.25) is 0 Å². The molecule has 1 saturated heterocycles. The van der Waals surface area contributed by atoms with E-state index in [-0.39, 0.29) is 0 Å². The molecule has 0 bridgehead atoms. The first-order valence-corrected chi connectivity index (χ1v) is 6.32. The molecule has 1 fully saturated rings. The molecule has 1 amide bonds. The first-order valence-electron chi connectivity index (χ1n) is 6.32. The number of amides is 1. The smallest absolute Gasteiger partial charge is 0.303 e. The van der Waals surface area contributed by atoms with Crippen molar-refractivity contribution >= 4 is 17.8 Å². The van der Waals surface area contributed by atoms with Gasteiger partial charge in [-0.25, -0.2) is 0 Å². The molecule has 120 valence electrons. The van der Waals surface area contributed by atoms with Crippen LogP contribution in [0.3, 0.4) is 0 Å². The van der Waals surface area contributed by atoms with Crippen LogP contribution >= 0.6 is 0 Å². The summed E-state index contributed by atoms with van der Waals surface area (Å²) in [5.41, 5.74) is 0. The van der Waals surface area contributed by atoms with Gasteiger partial charge in [-0.05, 0) is 0 Å². The molecule has 0 aromatic carbocycles. The summed E-state index contributed by atoms with van der Waals surface area (Å²) < 4.78 is 15.1. The first-order chi connectivity index (χ1) is 9.76. The van der Waals surface area contributed by atoms with E-state index in [0.29, 0.717) is 0 Å². The van der Waals surface area contributed by atoms with Crippen molar-refractivity contribution in [3.63, 3.8) is 0 Å². The van der Waals surface area contributed by atoms with Crippen LogP contribution in [0, 0.1) is 0 Å². The maximum atomic E-state index is 11.2. The fraction of sp³-hybridized carbons (Fsp3) is 0.750. The molecule has 1 aliphatic heterocycles. The highest BCUT2D eigenvalue weighted by molar-refractivity contribution is 5.73. The molecule has 1 rings (SSSR count). The minimum atomic E-state index is -1.53. The normalized spacial score (nSPS) is 32.1. The second kappa shape index (κ2) is 7.34. The molecule has 0 aromatic heterocycles. The highest BCUT2D eigenvalue weighted by atomic mass is 16.7. The lowest BCUT2D eigenvalue weighted by Crippen LogP contribution is -2.65. The van der Waals surface area contributed by atoms with E-state index in [9.17, 15) is 24.6 Å². The van der Waals surface area contributed by atoms with Gasteiger partial charge in [-0.1, -0.05) is 0 Å². The molecule has 9 heteroatoms. The van der Waals surface area contributed by atoms with Crippen LogP contribution in [-0.2, 0) is 28.6 Å². The minimum absolute atomic E-state index is 0.496. The molecule has 0 aliphatic carbocycles. The lowest BCUT2D eigenvalue weighted by atomic mass is 9.96. The quantitative estimate of drug-likeness (QED) is 0.511. The summed E-state index contributed by atoms with van der Waals surface area (Å²) in [7, 11) is 0. The largest absolute Gasteiger partial charge is 0.456 e. The van der Waals surface area contributed by atoms with Crippen LogP contribution in [0.4, 0.5) is 0 Å². The average molecular weight is 305 g/mol. The summed E-state index contributed by atoms with van der Waals surface area (Å²) in [6, 6.07) is -1.13. The summed E-state index contributed by atoms with van der Waals surface area (Å²) in [5.74, 6) is -1.88. The molecular weight excluding hydrogens is 286 g/mol. The number of esters is 2. The molecule has 0 spiro atoms. The van der Waals surface area contributed by atoms with E-state index in [1.165, 1.54) is 6.92 Å². The Morgan fingerprint density at radius 3 is 2.05 bits per heavy atom. The first kappa shape index (κ1) is 17.3. The predicted octanol–water partition coefficient (Wildman–Crippen LogP) is -1.94. The standard InChI is InChI=1S/C12H19NO8/c1-5(15)13-9-11(20-7(3)17)10(19-6(2)16)8(4-14)21-12(9)18/h8-12,14,18H,4H2,1-3H3,(H,13,15)/t8-,9-,10-,11-,12-/m1/s1. The van der Waals surface area contributed by atoms with E-state index in [1.807, 2.05) is 0 Å². The number of nitrogens with one attached hydrogen (secondary N) is 1. The van der Waals surface area contributed by atoms with Gasteiger partial charge in [0.1, 0.15) is 12.1 Å². The monoisotopic (exact) mass is 305 g/mol. The van der Waals surface area contributed by atoms with Crippen LogP contribution in [0.15, 0.2) is 0 Å². The Balaban J connectivity index is 3.08. The summed E-state index contributed by atoms with van der Waals surface area (Å²) in [6.45, 7) is 2.90. The Labute approximate surface area is 121 Å². The molecule has 1 heterocycles. The average Bonchev–Trinajstić information content (AvgIpc) is 2.35. The molecule has 3 N–H and O–H groups in total. The van der Waals surface area contributed by atoms with Gasteiger partial charge in [-0.3, -0.25) is 14.4 Å². The Hall–Kier alpha value is -1.71. The number of ether oxygens (including phenoxy) is 3. The zero-order valence-electron chi connectivity index (χ0n) is 11.9. The van der Waals surface area contributed by atoms with Gasteiger partial charge in [0.2, 0.25) is 5.91 Å². The van der Waals surface area contributed by atoms with Crippen molar-refractivity contribution in [2.45, 2.75) is 51.4 Å². The molecule has 0 aromatic rings. The number of aliphatic hydroxyl groups excluding tert-OH is 2. The van der Waals surface area contributed by atoms with Crippen LogP contribution < -0.4 is 5.32 Å². The molecule has 0 saturated carbocycles. The van der Waals surface area contributed by atoms with Gasteiger partial charge >= 0.3 is 11.9 Å².